The first-order chi connectivity index (χ1) is 20.5. The van der Waals surface area contributed by atoms with E-state index in [2.05, 4.69) is 15.2 Å². The molecule has 1 saturated heterocycles. The number of nitrogens with zero attached hydrogens (tertiary/aromatic N) is 5. The highest BCUT2D eigenvalue weighted by Gasteiger charge is 2.52. The number of nitrogens with two attached hydrogens (primary N) is 1. The smallest absolute Gasteiger partial charge is 0.338 e. The van der Waals surface area contributed by atoms with Crippen LogP contribution < -0.4 is 5.73 Å². The summed E-state index contributed by atoms with van der Waals surface area (Å²) in [5.41, 5.74) is 6.87. The molecule has 0 spiro atoms. The average molecular weight is 569 g/mol. The van der Waals surface area contributed by atoms with Crippen LogP contribution in [0.15, 0.2) is 97.3 Å². The minimum absolute atomic E-state index is 0.00368. The summed E-state index contributed by atoms with van der Waals surface area (Å²) in [5, 5.41) is 8.32. The zero-order valence-corrected chi connectivity index (χ0v) is 21.9. The van der Waals surface area contributed by atoms with Crippen LogP contribution in [-0.4, -0.2) is 67.2 Å². The van der Waals surface area contributed by atoms with Gasteiger partial charge in [0.25, 0.3) is 5.78 Å². The number of hydrogen-bond donors (Lipinski definition) is 1. The van der Waals surface area contributed by atoms with E-state index in [1.165, 1.54) is 15.5 Å². The Labute approximate surface area is 238 Å². The van der Waals surface area contributed by atoms with Crippen LogP contribution in [0, 0.1) is 0 Å². The normalized spacial score (nSPS) is 19.8. The number of aromatic nitrogens is 5. The molecule has 1 fully saturated rings. The molecular weight excluding hydrogens is 544 g/mol. The van der Waals surface area contributed by atoms with Crippen LogP contribution in [0.1, 0.15) is 37.3 Å². The van der Waals surface area contributed by atoms with Crippen molar-refractivity contribution in [2.45, 2.75) is 24.5 Å². The molecule has 212 valence electrons. The second-order valence-corrected chi connectivity index (χ2v) is 9.28. The zero-order chi connectivity index (χ0) is 29.1. The van der Waals surface area contributed by atoms with Gasteiger partial charge in [-0.3, -0.25) is 0 Å². The van der Waals surface area contributed by atoms with Crippen molar-refractivity contribution in [2.24, 2.45) is 0 Å². The summed E-state index contributed by atoms with van der Waals surface area (Å²) in [6, 6.07) is 25.0. The Morgan fingerprint density at radius 1 is 0.762 bits per heavy atom. The van der Waals surface area contributed by atoms with Gasteiger partial charge >= 0.3 is 17.9 Å². The third kappa shape index (κ3) is 5.28. The molecule has 1 aliphatic rings. The lowest BCUT2D eigenvalue weighted by atomic mass is 10.1. The largest absolute Gasteiger partial charge is 0.459 e. The standard InChI is InChI=1S/C29H24N6O7/c30-28-33-34(29-31-17-32-35(28)29)24-23(42-27(38)20-14-8-3-9-15-20)22(41-26(37)19-12-6-2-7-13-19)21(40-24)16-39-25(36)18-10-4-1-5-11-18/h1-15,17,21-24H,16H2,(H2,30,33). The number of anilines is 1. The van der Waals surface area contributed by atoms with Gasteiger partial charge in [-0.25, -0.2) is 14.4 Å². The van der Waals surface area contributed by atoms with Crippen LogP contribution in [0.3, 0.4) is 0 Å². The van der Waals surface area contributed by atoms with Gasteiger partial charge in [0.1, 0.15) is 19.0 Å². The highest BCUT2D eigenvalue weighted by atomic mass is 16.7. The minimum atomic E-state index is -1.26. The molecule has 0 radical (unpaired) electrons. The first-order valence-electron chi connectivity index (χ1n) is 12.9. The van der Waals surface area contributed by atoms with Crippen molar-refractivity contribution in [3.8, 4) is 0 Å². The zero-order valence-electron chi connectivity index (χ0n) is 21.9. The van der Waals surface area contributed by atoms with Gasteiger partial charge in [0, 0.05) is 0 Å². The molecule has 1 aliphatic heterocycles. The number of carbonyl (C=O) groups is 3. The van der Waals surface area contributed by atoms with E-state index >= 15 is 0 Å². The van der Waals surface area contributed by atoms with Crippen LogP contribution in [0.2, 0.25) is 0 Å². The quantitative estimate of drug-likeness (QED) is 0.216. The van der Waals surface area contributed by atoms with Crippen molar-refractivity contribution >= 4 is 29.6 Å². The number of esters is 3. The Bertz CT molecular complexity index is 1710. The van der Waals surface area contributed by atoms with E-state index in [1.54, 1.807) is 91.0 Å². The van der Waals surface area contributed by atoms with E-state index in [0.717, 1.165) is 0 Å². The van der Waals surface area contributed by atoms with E-state index in [4.69, 9.17) is 24.7 Å². The maximum absolute atomic E-state index is 13.3. The maximum Gasteiger partial charge on any atom is 0.338 e. The lowest BCUT2D eigenvalue weighted by Crippen LogP contribution is -2.41. The van der Waals surface area contributed by atoms with Gasteiger partial charge in [-0.05, 0) is 36.4 Å². The Balaban J connectivity index is 1.36. The van der Waals surface area contributed by atoms with Gasteiger partial charge in [0.15, 0.2) is 18.4 Å². The van der Waals surface area contributed by atoms with Crippen molar-refractivity contribution in [2.75, 3.05) is 12.3 Å². The van der Waals surface area contributed by atoms with E-state index in [0.29, 0.717) is 5.56 Å². The molecule has 13 nitrogen and oxygen atoms in total. The SMILES string of the molecule is Nc1nn(C2OC(COC(=O)c3ccccc3)C(OC(=O)c3ccccc3)C2OC(=O)c2ccccc2)c2ncnn12. The lowest BCUT2D eigenvalue weighted by molar-refractivity contribution is -0.0654. The molecule has 42 heavy (non-hydrogen) atoms. The van der Waals surface area contributed by atoms with Gasteiger partial charge in [0.05, 0.1) is 16.7 Å². The van der Waals surface area contributed by atoms with Crippen molar-refractivity contribution < 1.29 is 33.3 Å². The van der Waals surface area contributed by atoms with E-state index in [9.17, 15) is 14.4 Å². The van der Waals surface area contributed by atoms with E-state index < -0.39 is 42.4 Å². The molecule has 13 heteroatoms. The number of nitrogen functional groups attached to an aromatic ring is 1. The fourth-order valence-electron chi connectivity index (χ4n) is 4.58. The topological polar surface area (TPSA) is 162 Å². The van der Waals surface area contributed by atoms with Gasteiger partial charge in [-0.1, -0.05) is 54.6 Å². The molecule has 3 aromatic carbocycles. The third-order valence-electron chi connectivity index (χ3n) is 6.58. The van der Waals surface area contributed by atoms with Crippen molar-refractivity contribution in [1.82, 2.24) is 24.4 Å². The summed E-state index contributed by atoms with van der Waals surface area (Å²) in [4.78, 5) is 43.4. The van der Waals surface area contributed by atoms with E-state index in [-0.39, 0.29) is 29.5 Å². The molecule has 2 aromatic heterocycles. The summed E-state index contributed by atoms with van der Waals surface area (Å²) in [6.45, 7) is -0.337. The van der Waals surface area contributed by atoms with Gasteiger partial charge < -0.3 is 24.7 Å². The summed E-state index contributed by atoms with van der Waals surface area (Å²) in [6.07, 6.45) is -3.47. The molecule has 6 rings (SSSR count). The predicted molar refractivity (Wildman–Crippen MR) is 145 cm³/mol. The van der Waals surface area contributed by atoms with Crippen LogP contribution in [0.5, 0.6) is 0 Å². The Hall–Kier alpha value is -5.56. The Kier molecular flexibility index (Phi) is 7.30. The second kappa shape index (κ2) is 11.5. The van der Waals surface area contributed by atoms with Crippen LogP contribution in [0.25, 0.3) is 5.78 Å². The number of ether oxygens (including phenoxy) is 4. The van der Waals surface area contributed by atoms with Gasteiger partial charge in [-0.2, -0.15) is 19.3 Å². The molecule has 3 heterocycles. The first kappa shape index (κ1) is 26.7. The van der Waals surface area contributed by atoms with Crippen molar-refractivity contribution in [3.05, 3.63) is 114 Å². The summed E-state index contributed by atoms with van der Waals surface area (Å²) in [5.74, 6) is -1.83. The number of hydrogen-bond acceptors (Lipinski definition) is 11. The molecule has 0 saturated carbocycles. The number of benzene rings is 3. The summed E-state index contributed by atoms with van der Waals surface area (Å²) in [7, 11) is 0. The molecular formula is C29H24N6O7. The average Bonchev–Trinajstić information content (AvgIpc) is 3.73. The minimum Gasteiger partial charge on any atom is -0.459 e. The fourth-order valence-corrected chi connectivity index (χ4v) is 4.58. The molecule has 2 N–H and O–H groups in total. The maximum atomic E-state index is 13.3. The monoisotopic (exact) mass is 568 g/mol. The molecule has 5 aromatic rings. The van der Waals surface area contributed by atoms with Gasteiger partial charge in [0.2, 0.25) is 5.95 Å². The van der Waals surface area contributed by atoms with Crippen LogP contribution in [-0.2, 0) is 18.9 Å². The molecule has 0 amide bonds. The summed E-state index contributed by atoms with van der Waals surface area (Å²) >= 11 is 0. The van der Waals surface area contributed by atoms with Gasteiger partial charge in [-0.15, -0.1) is 5.10 Å². The van der Waals surface area contributed by atoms with Crippen molar-refractivity contribution in [3.63, 3.8) is 0 Å². The highest BCUT2D eigenvalue weighted by Crippen LogP contribution is 2.36. The molecule has 0 aliphatic carbocycles. The second-order valence-electron chi connectivity index (χ2n) is 9.28. The Morgan fingerprint density at radius 3 is 1.86 bits per heavy atom. The van der Waals surface area contributed by atoms with Crippen LogP contribution >= 0.6 is 0 Å². The lowest BCUT2D eigenvalue weighted by Gasteiger charge is -2.24. The van der Waals surface area contributed by atoms with E-state index in [1.807, 2.05) is 0 Å². The summed E-state index contributed by atoms with van der Waals surface area (Å²) < 4.78 is 26.2. The molecule has 4 unspecified atom stereocenters. The van der Waals surface area contributed by atoms with Crippen molar-refractivity contribution in [1.29, 1.82) is 0 Å². The fraction of sp³-hybridized carbons (Fsp3) is 0.172. The number of carbonyl (C=O) groups excluding carboxylic acids is 3. The number of rotatable bonds is 8. The Morgan fingerprint density at radius 2 is 1.29 bits per heavy atom. The van der Waals surface area contributed by atoms with Crippen LogP contribution in [0.4, 0.5) is 5.95 Å². The first-order valence-corrected chi connectivity index (χ1v) is 12.9. The highest BCUT2D eigenvalue weighted by molar-refractivity contribution is 5.91. The predicted octanol–water partition coefficient (Wildman–Crippen LogP) is 2.71. The molecule has 4 atom stereocenters. The number of fused-ring (bicyclic) bond motifs is 1. The third-order valence-corrected chi connectivity index (χ3v) is 6.58. The molecule has 0 bridgehead atoms.